The summed E-state index contributed by atoms with van der Waals surface area (Å²) in [6, 6.07) is 0. The van der Waals surface area contributed by atoms with Crippen molar-refractivity contribution in [3.05, 3.63) is 0 Å². The number of carbonyl (C=O) groups is 1. The number of halogens is 1. The van der Waals surface area contributed by atoms with Crippen molar-refractivity contribution < 1.29 is 14.6 Å². The summed E-state index contributed by atoms with van der Waals surface area (Å²) in [5.41, 5.74) is 0. The molecule has 0 saturated heterocycles. The molecule has 1 fully saturated rings. The van der Waals surface area contributed by atoms with Crippen molar-refractivity contribution in [2.24, 2.45) is 0 Å². The molecule has 0 spiro atoms. The molecule has 4 heteroatoms. The van der Waals surface area contributed by atoms with Crippen LogP contribution in [0.25, 0.3) is 0 Å². The number of hydrogen-bond donors (Lipinski definition) is 1. The van der Waals surface area contributed by atoms with Crippen molar-refractivity contribution in [2.45, 2.75) is 43.8 Å². The second kappa shape index (κ2) is 3.23. The van der Waals surface area contributed by atoms with E-state index in [4.69, 9.17) is 16.3 Å². The number of carbonyl (C=O) groups excluding carboxylic acids is 1. The lowest BCUT2D eigenvalue weighted by Crippen LogP contribution is -2.36. The predicted octanol–water partition coefficient (Wildman–Crippen LogP) is 1.07. The van der Waals surface area contributed by atoms with Crippen LogP contribution in [-0.2, 0) is 9.53 Å². The summed E-state index contributed by atoms with van der Waals surface area (Å²) < 4.78 is 4.89. The summed E-state index contributed by atoms with van der Waals surface area (Å²) in [5.74, 6) is -0.367. The van der Waals surface area contributed by atoms with Crippen LogP contribution in [0.3, 0.4) is 0 Å². The van der Waals surface area contributed by atoms with Crippen LogP contribution in [0, 0.1) is 0 Å². The Kier molecular flexibility index (Phi) is 2.64. The van der Waals surface area contributed by atoms with Gasteiger partial charge >= 0.3 is 5.97 Å². The molecule has 3 unspecified atom stereocenters. The van der Waals surface area contributed by atoms with Crippen molar-refractivity contribution in [3.63, 3.8) is 0 Å². The number of rotatable bonds is 1. The van der Waals surface area contributed by atoms with Crippen LogP contribution in [-0.4, -0.2) is 28.2 Å². The van der Waals surface area contributed by atoms with Crippen molar-refractivity contribution in [3.8, 4) is 0 Å². The lowest BCUT2D eigenvalue weighted by Gasteiger charge is -2.22. The molecule has 12 heavy (non-hydrogen) atoms. The average Bonchev–Trinajstić information content (AvgIpc) is 2.15. The first kappa shape index (κ1) is 9.81. The molecule has 0 heterocycles. The monoisotopic (exact) mass is 192 g/mol. The van der Waals surface area contributed by atoms with E-state index in [1.54, 1.807) is 6.92 Å². The van der Waals surface area contributed by atoms with Crippen LogP contribution < -0.4 is 0 Å². The van der Waals surface area contributed by atoms with Crippen LogP contribution in [0.1, 0.15) is 26.7 Å². The normalized spacial score (nSPS) is 41.3. The Morgan fingerprint density at radius 1 is 1.75 bits per heavy atom. The van der Waals surface area contributed by atoms with Gasteiger partial charge in [0.05, 0.1) is 4.87 Å². The van der Waals surface area contributed by atoms with Gasteiger partial charge in [0.15, 0.2) is 0 Å². The molecule has 1 aliphatic rings. The van der Waals surface area contributed by atoms with Gasteiger partial charge in [0.25, 0.3) is 0 Å². The predicted molar refractivity (Wildman–Crippen MR) is 45.1 cm³/mol. The second-order valence-electron chi connectivity index (χ2n) is 3.41. The van der Waals surface area contributed by atoms with Gasteiger partial charge in [-0.3, -0.25) is 4.79 Å². The Balaban J connectivity index is 2.55. The molecule has 3 atom stereocenters. The minimum Gasteiger partial charge on any atom is -0.460 e. The molecule has 0 aromatic carbocycles. The van der Waals surface area contributed by atoms with Gasteiger partial charge in [-0.1, -0.05) is 0 Å². The number of esters is 1. The first-order valence-corrected chi connectivity index (χ1v) is 4.35. The zero-order valence-corrected chi connectivity index (χ0v) is 7.97. The zero-order chi connectivity index (χ0) is 9.35. The van der Waals surface area contributed by atoms with Gasteiger partial charge in [-0.05, 0) is 19.8 Å². The van der Waals surface area contributed by atoms with Crippen molar-refractivity contribution in [1.29, 1.82) is 0 Å². The molecule has 70 valence electrons. The molecule has 0 aromatic heterocycles. The van der Waals surface area contributed by atoms with Crippen LogP contribution in [0.15, 0.2) is 0 Å². The van der Waals surface area contributed by atoms with Crippen molar-refractivity contribution >= 4 is 17.6 Å². The highest BCUT2D eigenvalue weighted by atomic mass is 35.5. The molecule has 1 rings (SSSR count). The van der Waals surface area contributed by atoms with E-state index < -0.39 is 17.1 Å². The summed E-state index contributed by atoms with van der Waals surface area (Å²) in [6.07, 6.45) is 0.141. The number of hydrogen-bond acceptors (Lipinski definition) is 3. The Morgan fingerprint density at radius 3 is 2.67 bits per heavy atom. The van der Waals surface area contributed by atoms with E-state index in [1.807, 2.05) is 0 Å². The summed E-state index contributed by atoms with van der Waals surface area (Å²) >= 11 is 5.95. The molecule has 0 bridgehead atoms. The second-order valence-corrected chi connectivity index (χ2v) is 4.27. The summed E-state index contributed by atoms with van der Waals surface area (Å²) in [7, 11) is 0. The highest BCUT2D eigenvalue weighted by Gasteiger charge is 2.44. The van der Waals surface area contributed by atoms with E-state index in [2.05, 4.69) is 0 Å². The number of aliphatic hydroxyl groups excluding tert-OH is 1. The molecule has 1 saturated carbocycles. The van der Waals surface area contributed by atoms with E-state index in [9.17, 15) is 9.90 Å². The minimum atomic E-state index is -0.747. The number of alkyl halides is 1. The van der Waals surface area contributed by atoms with Crippen LogP contribution in [0.2, 0.25) is 0 Å². The molecule has 1 N–H and O–H groups in total. The maximum atomic E-state index is 10.6. The van der Waals surface area contributed by atoms with Gasteiger partial charge in [-0.25, -0.2) is 0 Å². The third kappa shape index (κ3) is 1.90. The van der Waals surface area contributed by atoms with Gasteiger partial charge < -0.3 is 9.84 Å². The first-order valence-electron chi connectivity index (χ1n) is 3.97. The summed E-state index contributed by atoms with van der Waals surface area (Å²) in [6.45, 7) is 3.08. The third-order valence-electron chi connectivity index (χ3n) is 2.20. The van der Waals surface area contributed by atoms with Crippen molar-refractivity contribution in [2.75, 3.05) is 0 Å². The molecule has 3 nitrogen and oxygen atoms in total. The zero-order valence-electron chi connectivity index (χ0n) is 7.21. The Labute approximate surface area is 76.7 Å². The Morgan fingerprint density at radius 2 is 2.33 bits per heavy atom. The van der Waals surface area contributed by atoms with Gasteiger partial charge in [0, 0.05) is 6.92 Å². The fourth-order valence-corrected chi connectivity index (χ4v) is 1.70. The van der Waals surface area contributed by atoms with E-state index in [-0.39, 0.29) is 5.97 Å². The fraction of sp³-hybridized carbons (Fsp3) is 0.875. The topological polar surface area (TPSA) is 46.5 Å². The molecular formula is C8H13ClO3. The number of aliphatic hydroxyl groups is 1. The molecule has 0 radical (unpaired) electrons. The van der Waals surface area contributed by atoms with E-state index >= 15 is 0 Å². The van der Waals surface area contributed by atoms with Gasteiger partial charge in [0.2, 0.25) is 0 Å². The highest BCUT2D eigenvalue weighted by molar-refractivity contribution is 6.24. The third-order valence-corrected chi connectivity index (χ3v) is 2.62. The highest BCUT2D eigenvalue weighted by Crippen LogP contribution is 2.37. The first-order chi connectivity index (χ1) is 5.43. The lowest BCUT2D eigenvalue weighted by molar-refractivity contribution is -0.150. The minimum absolute atomic E-state index is 0.367. The standard InChI is InChI=1S/C8H13ClO3/c1-5(10)12-6-3-4-8(2,9)7(6)11/h6-7,11H,3-4H2,1-2H3. The molecule has 0 aromatic rings. The maximum absolute atomic E-state index is 10.6. The largest absolute Gasteiger partial charge is 0.460 e. The van der Waals surface area contributed by atoms with Gasteiger partial charge in [0.1, 0.15) is 12.2 Å². The smallest absolute Gasteiger partial charge is 0.302 e. The van der Waals surface area contributed by atoms with E-state index in [1.165, 1.54) is 6.92 Å². The average molecular weight is 193 g/mol. The van der Waals surface area contributed by atoms with Crippen LogP contribution >= 0.6 is 11.6 Å². The molecule has 0 amide bonds. The van der Waals surface area contributed by atoms with E-state index in [0.29, 0.717) is 12.8 Å². The SMILES string of the molecule is CC(=O)OC1CCC(C)(Cl)C1O. The quantitative estimate of drug-likeness (QED) is 0.500. The van der Waals surface area contributed by atoms with Gasteiger partial charge in [-0.2, -0.15) is 0 Å². The number of ether oxygens (including phenoxy) is 1. The van der Waals surface area contributed by atoms with Crippen molar-refractivity contribution in [1.82, 2.24) is 0 Å². The summed E-state index contributed by atoms with van der Waals surface area (Å²) in [4.78, 5) is 9.94. The van der Waals surface area contributed by atoms with Gasteiger partial charge in [-0.15, -0.1) is 11.6 Å². The summed E-state index contributed by atoms with van der Waals surface area (Å²) in [5, 5.41) is 9.56. The molecular weight excluding hydrogens is 180 g/mol. The van der Waals surface area contributed by atoms with Crippen LogP contribution in [0.4, 0.5) is 0 Å². The molecule has 1 aliphatic carbocycles. The Hall–Kier alpha value is -0.280. The fourth-order valence-electron chi connectivity index (χ4n) is 1.45. The lowest BCUT2D eigenvalue weighted by atomic mass is 10.1. The van der Waals surface area contributed by atoms with E-state index in [0.717, 1.165) is 0 Å². The molecule has 0 aliphatic heterocycles. The maximum Gasteiger partial charge on any atom is 0.302 e. The Bertz CT molecular complexity index is 191. The van der Waals surface area contributed by atoms with Crippen LogP contribution in [0.5, 0.6) is 0 Å².